The van der Waals surface area contributed by atoms with Crippen LogP contribution in [0.25, 0.3) is 0 Å². The van der Waals surface area contributed by atoms with Crippen LogP contribution >= 0.6 is 47.1 Å². The van der Waals surface area contributed by atoms with Crippen LogP contribution in [0.15, 0.2) is 56.6 Å². The Hall–Kier alpha value is -0.820. The number of aliphatic imine (C=N–C) groups is 1. The van der Waals surface area contributed by atoms with E-state index in [1.54, 1.807) is 13.1 Å². The number of rotatable bonds is 7. The summed E-state index contributed by atoms with van der Waals surface area (Å²) in [6.07, 6.45) is 2.36. The Balaban J connectivity index is 0.00000261. The standard InChI is InChI=1S/C17H22N4O2S3.HI/c1-19-16(20-11-14-7-8-15(24-14)26(18,22)23)21-12-17(9-10-17)25-13-5-3-2-4-6-13;/h2-8H,9-12H2,1H3,(H2,18,22,23)(H2,19,20,21);1H. The highest BCUT2D eigenvalue weighted by atomic mass is 127. The molecule has 2 aromatic rings. The lowest BCUT2D eigenvalue weighted by Crippen LogP contribution is -2.40. The number of sulfonamides is 1. The summed E-state index contributed by atoms with van der Waals surface area (Å²) in [4.78, 5) is 6.41. The predicted octanol–water partition coefficient (Wildman–Crippen LogP) is 3.00. The highest BCUT2D eigenvalue weighted by Gasteiger charge is 2.43. The molecule has 10 heteroatoms. The van der Waals surface area contributed by atoms with Crippen molar-refractivity contribution in [1.29, 1.82) is 0 Å². The van der Waals surface area contributed by atoms with Crippen molar-refractivity contribution in [2.45, 2.75) is 33.2 Å². The molecule has 4 N–H and O–H groups in total. The summed E-state index contributed by atoms with van der Waals surface area (Å²) in [5.74, 6) is 0.704. The molecule has 1 saturated carbocycles. The lowest BCUT2D eigenvalue weighted by molar-refractivity contribution is 0.600. The van der Waals surface area contributed by atoms with E-state index in [0.29, 0.717) is 12.5 Å². The van der Waals surface area contributed by atoms with Crippen molar-refractivity contribution in [3.05, 3.63) is 47.3 Å². The molecular weight excluding hydrogens is 515 g/mol. The molecule has 0 saturated heterocycles. The van der Waals surface area contributed by atoms with Gasteiger partial charge in [-0.1, -0.05) is 18.2 Å². The Morgan fingerprint density at radius 2 is 1.93 bits per heavy atom. The molecule has 0 unspecified atom stereocenters. The lowest BCUT2D eigenvalue weighted by atomic mass is 10.4. The van der Waals surface area contributed by atoms with Gasteiger partial charge in [0.1, 0.15) is 4.21 Å². The number of nitrogens with two attached hydrogens (primary N) is 1. The van der Waals surface area contributed by atoms with Crippen molar-refractivity contribution >= 4 is 63.1 Å². The maximum absolute atomic E-state index is 11.3. The first kappa shape index (κ1) is 22.5. The third-order valence-corrected chi connectivity index (χ3v) is 8.05. The molecule has 1 aromatic heterocycles. The molecule has 1 aromatic carbocycles. The molecule has 1 aliphatic rings. The van der Waals surface area contributed by atoms with Crippen LogP contribution in [0.1, 0.15) is 17.7 Å². The summed E-state index contributed by atoms with van der Waals surface area (Å²) in [5, 5.41) is 11.7. The normalized spacial score (nSPS) is 15.7. The highest BCUT2D eigenvalue weighted by molar-refractivity contribution is 14.0. The second-order valence-electron chi connectivity index (χ2n) is 6.14. The fourth-order valence-electron chi connectivity index (χ4n) is 2.44. The molecule has 6 nitrogen and oxygen atoms in total. The van der Waals surface area contributed by atoms with Crippen molar-refractivity contribution in [3.8, 4) is 0 Å². The first-order valence-corrected chi connectivity index (χ1v) is 11.4. The summed E-state index contributed by atoms with van der Waals surface area (Å²) in [6, 6.07) is 13.7. The SMILES string of the molecule is CN=C(NCc1ccc(S(N)(=O)=O)s1)NCC1(Sc2ccccc2)CC1.I. The Labute approximate surface area is 185 Å². The topological polar surface area (TPSA) is 96.6 Å². The molecule has 0 spiro atoms. The van der Waals surface area contributed by atoms with Crippen LogP contribution in [0.4, 0.5) is 0 Å². The Morgan fingerprint density at radius 3 is 2.48 bits per heavy atom. The molecule has 1 aliphatic carbocycles. The Kier molecular flexibility index (Phi) is 7.98. The van der Waals surface area contributed by atoms with E-state index in [4.69, 9.17) is 5.14 Å². The van der Waals surface area contributed by atoms with Crippen molar-refractivity contribution in [2.75, 3.05) is 13.6 Å². The van der Waals surface area contributed by atoms with E-state index in [1.165, 1.54) is 35.1 Å². The first-order valence-electron chi connectivity index (χ1n) is 8.20. The minimum Gasteiger partial charge on any atom is -0.355 e. The second-order valence-corrected chi connectivity index (χ2v) is 10.6. The van der Waals surface area contributed by atoms with Gasteiger partial charge in [-0.2, -0.15) is 0 Å². The number of thiophene rings is 1. The summed E-state index contributed by atoms with van der Waals surface area (Å²) in [5.41, 5.74) is 0. The average molecular weight is 539 g/mol. The number of nitrogens with one attached hydrogen (secondary N) is 2. The maximum atomic E-state index is 11.3. The second kappa shape index (κ2) is 9.59. The zero-order valence-electron chi connectivity index (χ0n) is 14.8. The molecular formula is C17H23IN4O2S3. The monoisotopic (exact) mass is 538 g/mol. The van der Waals surface area contributed by atoms with Gasteiger partial charge in [-0.3, -0.25) is 4.99 Å². The van der Waals surface area contributed by atoms with Crippen LogP contribution < -0.4 is 15.8 Å². The van der Waals surface area contributed by atoms with E-state index in [9.17, 15) is 8.42 Å². The summed E-state index contributed by atoms with van der Waals surface area (Å²) < 4.78 is 23.1. The first-order chi connectivity index (χ1) is 12.4. The highest BCUT2D eigenvalue weighted by Crippen LogP contribution is 2.51. The maximum Gasteiger partial charge on any atom is 0.247 e. The number of hydrogen-bond acceptors (Lipinski definition) is 5. The van der Waals surface area contributed by atoms with Gasteiger partial charge >= 0.3 is 0 Å². The molecule has 0 amide bonds. The molecule has 0 bridgehead atoms. The van der Waals surface area contributed by atoms with Crippen LogP contribution in [-0.4, -0.2) is 32.7 Å². The number of halogens is 1. The van der Waals surface area contributed by atoms with Gasteiger partial charge < -0.3 is 10.6 Å². The fourth-order valence-corrected chi connectivity index (χ4v) is 5.40. The number of primary sulfonamides is 1. The molecule has 1 fully saturated rings. The summed E-state index contributed by atoms with van der Waals surface area (Å²) >= 11 is 3.07. The molecule has 27 heavy (non-hydrogen) atoms. The molecule has 3 rings (SSSR count). The lowest BCUT2D eigenvalue weighted by Gasteiger charge is -2.18. The van der Waals surface area contributed by atoms with Gasteiger partial charge in [-0.15, -0.1) is 47.1 Å². The van der Waals surface area contributed by atoms with Crippen LogP contribution in [0.2, 0.25) is 0 Å². The van der Waals surface area contributed by atoms with Gasteiger partial charge in [0.25, 0.3) is 0 Å². The number of benzene rings is 1. The smallest absolute Gasteiger partial charge is 0.247 e. The third kappa shape index (κ3) is 6.63. The van der Waals surface area contributed by atoms with E-state index in [2.05, 4.69) is 39.9 Å². The summed E-state index contributed by atoms with van der Waals surface area (Å²) in [6.45, 7) is 1.33. The number of nitrogens with zero attached hydrogens (tertiary/aromatic N) is 1. The van der Waals surface area contributed by atoms with Crippen LogP contribution in [0.3, 0.4) is 0 Å². The van der Waals surface area contributed by atoms with Crippen LogP contribution in [-0.2, 0) is 16.6 Å². The number of hydrogen-bond donors (Lipinski definition) is 3. The van der Waals surface area contributed by atoms with Gasteiger partial charge in [0.05, 0.1) is 6.54 Å². The molecule has 0 radical (unpaired) electrons. The largest absolute Gasteiger partial charge is 0.355 e. The van der Waals surface area contributed by atoms with E-state index in [0.717, 1.165) is 11.4 Å². The fraction of sp³-hybridized carbons (Fsp3) is 0.353. The van der Waals surface area contributed by atoms with Crippen molar-refractivity contribution < 1.29 is 8.42 Å². The van der Waals surface area contributed by atoms with Crippen molar-refractivity contribution in [2.24, 2.45) is 10.1 Å². The predicted molar refractivity (Wildman–Crippen MR) is 124 cm³/mol. The zero-order chi connectivity index (χ0) is 18.6. The minimum atomic E-state index is -3.64. The molecule has 0 aliphatic heterocycles. The molecule has 148 valence electrons. The third-order valence-electron chi connectivity index (χ3n) is 4.03. The van der Waals surface area contributed by atoms with Gasteiger partial charge in [0.2, 0.25) is 10.0 Å². The molecule has 0 atom stereocenters. The van der Waals surface area contributed by atoms with E-state index >= 15 is 0 Å². The zero-order valence-corrected chi connectivity index (χ0v) is 19.6. The summed E-state index contributed by atoms with van der Waals surface area (Å²) in [7, 11) is -1.91. The Bertz CT molecular complexity index is 881. The van der Waals surface area contributed by atoms with Gasteiger partial charge in [-0.25, -0.2) is 13.6 Å². The minimum absolute atomic E-state index is 0. The molecule has 1 heterocycles. The van der Waals surface area contributed by atoms with Crippen LogP contribution in [0, 0.1) is 0 Å². The van der Waals surface area contributed by atoms with E-state index in [-0.39, 0.29) is 32.9 Å². The average Bonchev–Trinajstić information content (AvgIpc) is 3.18. The van der Waals surface area contributed by atoms with Crippen LogP contribution in [0.5, 0.6) is 0 Å². The number of thioether (sulfide) groups is 1. The van der Waals surface area contributed by atoms with E-state index < -0.39 is 10.0 Å². The van der Waals surface area contributed by atoms with Gasteiger partial charge in [-0.05, 0) is 37.1 Å². The van der Waals surface area contributed by atoms with Gasteiger partial charge in [0, 0.05) is 28.1 Å². The number of guanidine groups is 1. The Morgan fingerprint density at radius 1 is 1.22 bits per heavy atom. The van der Waals surface area contributed by atoms with Gasteiger partial charge in [0.15, 0.2) is 5.96 Å². The van der Waals surface area contributed by atoms with Crippen molar-refractivity contribution in [3.63, 3.8) is 0 Å². The van der Waals surface area contributed by atoms with E-state index in [1.807, 2.05) is 17.8 Å². The van der Waals surface area contributed by atoms with Crippen molar-refractivity contribution in [1.82, 2.24) is 10.6 Å². The quantitative estimate of drug-likeness (QED) is 0.286.